The molecule has 1 aromatic rings. The summed E-state index contributed by atoms with van der Waals surface area (Å²) in [7, 11) is 0. The largest absolute Gasteiger partial charge is 0.241 e. The molecule has 1 aromatic heterocycles. The Kier molecular flexibility index (Phi) is 6.59. The zero-order chi connectivity index (χ0) is 15.1. The number of aryl methyl sites for hydroxylation is 1. The maximum Gasteiger partial charge on any atom is 0.219 e. The van der Waals surface area contributed by atoms with Crippen LogP contribution in [0.3, 0.4) is 0 Å². The molecule has 0 saturated heterocycles. The van der Waals surface area contributed by atoms with E-state index in [9.17, 15) is 4.39 Å². The van der Waals surface area contributed by atoms with Crippen molar-refractivity contribution in [2.75, 3.05) is 0 Å². The van der Waals surface area contributed by atoms with Crippen molar-refractivity contribution in [2.45, 2.75) is 84.0 Å². The van der Waals surface area contributed by atoms with Crippen molar-refractivity contribution in [3.8, 4) is 0 Å². The summed E-state index contributed by atoms with van der Waals surface area (Å²) in [6.45, 7) is 4.41. The first-order valence-corrected chi connectivity index (χ1v) is 8.75. The Bertz CT molecular complexity index is 425. The summed E-state index contributed by atoms with van der Waals surface area (Å²) in [5.41, 5.74) is 0.687. The van der Waals surface area contributed by atoms with E-state index >= 15 is 0 Å². The molecule has 2 nitrogen and oxygen atoms in total. The summed E-state index contributed by atoms with van der Waals surface area (Å²) in [6.07, 6.45) is 13.2. The molecule has 0 N–H and O–H groups in total. The number of hydrogen-bond donors (Lipinski definition) is 0. The number of hydrogen-bond acceptors (Lipinski definition) is 2. The van der Waals surface area contributed by atoms with E-state index in [4.69, 9.17) is 0 Å². The Labute approximate surface area is 128 Å². The first-order chi connectivity index (χ1) is 10.2. The van der Waals surface area contributed by atoms with Gasteiger partial charge in [-0.3, -0.25) is 0 Å². The van der Waals surface area contributed by atoms with Crippen LogP contribution in [0, 0.1) is 11.9 Å². The monoisotopic (exact) mass is 292 g/mol. The zero-order valence-electron chi connectivity index (χ0n) is 13.6. The molecule has 0 aromatic carbocycles. The van der Waals surface area contributed by atoms with Crippen LogP contribution in [0.25, 0.3) is 0 Å². The van der Waals surface area contributed by atoms with Gasteiger partial charge in [-0.2, -0.15) is 4.39 Å². The summed E-state index contributed by atoms with van der Waals surface area (Å²) in [4.78, 5) is 8.63. The highest BCUT2D eigenvalue weighted by Crippen LogP contribution is 2.36. The third kappa shape index (κ3) is 4.76. The fourth-order valence-corrected chi connectivity index (χ4v) is 3.45. The van der Waals surface area contributed by atoms with Gasteiger partial charge in [-0.25, -0.2) is 9.97 Å². The lowest BCUT2D eigenvalue weighted by molar-refractivity contribution is 0.300. The van der Waals surface area contributed by atoms with Crippen LogP contribution >= 0.6 is 0 Å². The first kappa shape index (κ1) is 16.4. The zero-order valence-corrected chi connectivity index (χ0v) is 13.6. The van der Waals surface area contributed by atoms with Crippen LogP contribution in [-0.2, 0) is 6.42 Å². The van der Waals surface area contributed by atoms with Crippen LogP contribution in [0.15, 0.2) is 6.20 Å². The van der Waals surface area contributed by atoms with E-state index in [1.807, 2.05) is 0 Å². The van der Waals surface area contributed by atoms with Crippen LogP contribution < -0.4 is 0 Å². The summed E-state index contributed by atoms with van der Waals surface area (Å²) < 4.78 is 14.1. The molecule has 0 aliphatic heterocycles. The lowest BCUT2D eigenvalue weighted by Gasteiger charge is -2.27. The van der Waals surface area contributed by atoms with Gasteiger partial charge in [-0.05, 0) is 44.4 Å². The Morgan fingerprint density at radius 3 is 2.48 bits per heavy atom. The van der Waals surface area contributed by atoms with Crippen LogP contribution in [0.1, 0.15) is 88.9 Å². The van der Waals surface area contributed by atoms with Crippen molar-refractivity contribution in [3.05, 3.63) is 23.5 Å². The highest BCUT2D eigenvalue weighted by Gasteiger charge is 2.24. The van der Waals surface area contributed by atoms with Gasteiger partial charge < -0.3 is 0 Å². The van der Waals surface area contributed by atoms with Crippen LogP contribution in [0.2, 0.25) is 0 Å². The minimum atomic E-state index is -0.285. The number of unbranched alkanes of at least 4 members (excludes halogenated alkanes) is 2. The van der Waals surface area contributed by atoms with Crippen molar-refractivity contribution in [1.29, 1.82) is 0 Å². The molecule has 21 heavy (non-hydrogen) atoms. The minimum absolute atomic E-state index is 0.285. The van der Waals surface area contributed by atoms with Crippen molar-refractivity contribution in [1.82, 2.24) is 9.97 Å². The second kappa shape index (κ2) is 8.45. The van der Waals surface area contributed by atoms with Gasteiger partial charge >= 0.3 is 0 Å². The molecule has 3 heteroatoms. The summed E-state index contributed by atoms with van der Waals surface area (Å²) >= 11 is 0. The maximum atomic E-state index is 14.1. The predicted octanol–water partition coefficient (Wildman–Crippen LogP) is 5.42. The van der Waals surface area contributed by atoms with Gasteiger partial charge in [0, 0.05) is 17.7 Å². The van der Waals surface area contributed by atoms with Crippen LogP contribution in [-0.4, -0.2) is 9.97 Å². The molecule has 118 valence electrons. The second-order valence-corrected chi connectivity index (χ2v) is 6.51. The summed E-state index contributed by atoms with van der Waals surface area (Å²) in [5, 5.41) is 0. The average molecular weight is 292 g/mol. The Balaban J connectivity index is 1.91. The molecule has 1 saturated carbocycles. The van der Waals surface area contributed by atoms with E-state index < -0.39 is 0 Å². The summed E-state index contributed by atoms with van der Waals surface area (Å²) in [5.74, 6) is 1.69. The molecule has 1 aliphatic carbocycles. The van der Waals surface area contributed by atoms with Crippen LogP contribution in [0.5, 0.6) is 0 Å². The van der Waals surface area contributed by atoms with Gasteiger partial charge in [0.2, 0.25) is 5.95 Å². The van der Waals surface area contributed by atoms with Gasteiger partial charge in [0.25, 0.3) is 0 Å². The lowest BCUT2D eigenvalue weighted by Crippen LogP contribution is -2.16. The highest BCUT2D eigenvalue weighted by molar-refractivity contribution is 5.10. The molecule has 1 aliphatic rings. The van der Waals surface area contributed by atoms with Crippen molar-refractivity contribution in [2.24, 2.45) is 5.92 Å². The third-order valence-corrected chi connectivity index (χ3v) is 4.79. The molecule has 2 rings (SSSR count). The number of rotatable bonds is 7. The fraction of sp³-hybridized carbons (Fsp3) is 0.778. The predicted molar refractivity (Wildman–Crippen MR) is 84.8 cm³/mol. The van der Waals surface area contributed by atoms with Crippen LogP contribution in [0.4, 0.5) is 4.39 Å². The topological polar surface area (TPSA) is 25.8 Å². The normalized spacial score (nSPS) is 22.4. The molecule has 0 bridgehead atoms. The standard InChI is InChI=1S/C18H29FN2/c1-3-5-6-8-16-13-20-18(21-17(16)19)15-11-9-14(7-4-2)10-12-15/h13-15H,3-12H2,1-2H3. The molecule has 0 unspecified atom stereocenters. The molecular weight excluding hydrogens is 263 g/mol. The number of halogens is 1. The van der Waals surface area contributed by atoms with E-state index in [-0.39, 0.29) is 5.95 Å². The Morgan fingerprint density at radius 2 is 1.86 bits per heavy atom. The SMILES string of the molecule is CCCCCc1cnc(C2CCC(CCC)CC2)nc1F. The third-order valence-electron chi connectivity index (χ3n) is 4.79. The van der Waals surface area contributed by atoms with Crippen molar-refractivity contribution < 1.29 is 4.39 Å². The number of nitrogens with zero attached hydrogens (tertiary/aromatic N) is 2. The maximum absolute atomic E-state index is 14.1. The van der Waals surface area contributed by atoms with Gasteiger partial charge in [-0.1, -0.05) is 39.5 Å². The van der Waals surface area contributed by atoms with Gasteiger partial charge in [0.15, 0.2) is 0 Å². The fourth-order valence-electron chi connectivity index (χ4n) is 3.45. The van der Waals surface area contributed by atoms with E-state index in [0.717, 1.165) is 50.3 Å². The summed E-state index contributed by atoms with van der Waals surface area (Å²) in [6, 6.07) is 0. The highest BCUT2D eigenvalue weighted by atomic mass is 19.1. The van der Waals surface area contributed by atoms with E-state index in [1.165, 1.54) is 25.7 Å². The average Bonchev–Trinajstić information content (AvgIpc) is 2.50. The minimum Gasteiger partial charge on any atom is -0.241 e. The molecule has 1 heterocycles. The Hall–Kier alpha value is -0.990. The van der Waals surface area contributed by atoms with Crippen molar-refractivity contribution >= 4 is 0 Å². The van der Waals surface area contributed by atoms with E-state index in [2.05, 4.69) is 23.8 Å². The van der Waals surface area contributed by atoms with E-state index in [1.54, 1.807) is 6.20 Å². The molecule has 0 atom stereocenters. The number of aromatic nitrogens is 2. The van der Waals surface area contributed by atoms with Gasteiger partial charge in [-0.15, -0.1) is 0 Å². The quantitative estimate of drug-likeness (QED) is 0.495. The Morgan fingerprint density at radius 1 is 1.10 bits per heavy atom. The van der Waals surface area contributed by atoms with Gasteiger partial charge in [0.05, 0.1) is 0 Å². The van der Waals surface area contributed by atoms with Gasteiger partial charge in [0.1, 0.15) is 5.82 Å². The molecule has 1 fully saturated rings. The second-order valence-electron chi connectivity index (χ2n) is 6.51. The smallest absolute Gasteiger partial charge is 0.219 e. The molecule has 0 amide bonds. The molecular formula is C18H29FN2. The van der Waals surface area contributed by atoms with Crippen molar-refractivity contribution in [3.63, 3.8) is 0 Å². The molecule has 0 spiro atoms. The van der Waals surface area contributed by atoms with E-state index in [0.29, 0.717) is 11.5 Å². The molecule has 0 radical (unpaired) electrons. The lowest BCUT2D eigenvalue weighted by atomic mass is 9.80. The first-order valence-electron chi connectivity index (χ1n) is 8.75.